The summed E-state index contributed by atoms with van der Waals surface area (Å²) < 4.78 is 16.8. The quantitative estimate of drug-likeness (QED) is 0.0261. The monoisotopic (exact) mass is 1000 g/mol. The highest BCUT2D eigenvalue weighted by atomic mass is 16.6. The zero-order valence-corrected chi connectivity index (χ0v) is 47.4. The molecule has 0 aliphatic heterocycles. The van der Waals surface area contributed by atoms with Gasteiger partial charge in [-0.2, -0.15) is 0 Å². The van der Waals surface area contributed by atoms with E-state index in [4.69, 9.17) is 14.2 Å². The largest absolute Gasteiger partial charge is 0.462 e. The topological polar surface area (TPSA) is 78.9 Å². The molecule has 0 N–H and O–H groups in total. The average Bonchev–Trinajstić information content (AvgIpc) is 3.38. The van der Waals surface area contributed by atoms with E-state index in [1.54, 1.807) is 0 Å². The number of carbonyl (C=O) groups excluding carboxylic acids is 3. The molecule has 0 radical (unpaired) electrons. The molecule has 0 bridgehead atoms. The van der Waals surface area contributed by atoms with Crippen LogP contribution in [-0.4, -0.2) is 37.2 Å². The molecular formula is C66H114O6. The van der Waals surface area contributed by atoms with Gasteiger partial charge in [-0.15, -0.1) is 0 Å². The molecule has 0 rings (SSSR count). The maximum atomic E-state index is 12.9. The third-order valence-electron chi connectivity index (χ3n) is 13.1. The maximum absolute atomic E-state index is 12.9. The van der Waals surface area contributed by atoms with Crippen molar-refractivity contribution in [2.24, 2.45) is 0 Å². The number of hydrogen-bond acceptors (Lipinski definition) is 6. The third-order valence-corrected chi connectivity index (χ3v) is 13.1. The maximum Gasteiger partial charge on any atom is 0.306 e. The third kappa shape index (κ3) is 57.5. The number of hydrogen-bond donors (Lipinski definition) is 0. The summed E-state index contributed by atoms with van der Waals surface area (Å²) in [4.78, 5) is 38.1. The summed E-state index contributed by atoms with van der Waals surface area (Å²) >= 11 is 0. The van der Waals surface area contributed by atoms with Gasteiger partial charge in [-0.25, -0.2) is 0 Å². The Morgan fingerprint density at radius 2 is 0.542 bits per heavy atom. The van der Waals surface area contributed by atoms with Crippen molar-refractivity contribution < 1.29 is 28.6 Å². The molecule has 0 aromatic carbocycles. The molecule has 6 heteroatoms. The fourth-order valence-corrected chi connectivity index (χ4v) is 8.56. The first-order valence-electron chi connectivity index (χ1n) is 30.6. The van der Waals surface area contributed by atoms with Crippen LogP contribution < -0.4 is 0 Å². The van der Waals surface area contributed by atoms with Crippen molar-refractivity contribution in [2.45, 2.75) is 303 Å². The van der Waals surface area contributed by atoms with Crippen LogP contribution >= 0.6 is 0 Å². The summed E-state index contributed by atoms with van der Waals surface area (Å²) in [6.07, 6.45) is 78.8. The van der Waals surface area contributed by atoms with Gasteiger partial charge in [0.25, 0.3) is 0 Å². The fraction of sp³-hybridized carbons (Fsp3) is 0.742. The molecule has 72 heavy (non-hydrogen) atoms. The molecule has 0 aromatic rings. The Morgan fingerprint density at radius 3 is 0.861 bits per heavy atom. The molecule has 6 nitrogen and oxygen atoms in total. The molecule has 0 fully saturated rings. The van der Waals surface area contributed by atoms with Crippen LogP contribution in [0.3, 0.4) is 0 Å². The zero-order chi connectivity index (χ0) is 52.2. The van der Waals surface area contributed by atoms with Crippen LogP contribution in [0.5, 0.6) is 0 Å². The summed E-state index contributed by atoms with van der Waals surface area (Å²) in [7, 11) is 0. The fourth-order valence-electron chi connectivity index (χ4n) is 8.56. The highest BCUT2D eigenvalue weighted by molar-refractivity contribution is 5.71. The van der Waals surface area contributed by atoms with E-state index in [1.807, 2.05) is 0 Å². The molecule has 1 unspecified atom stereocenters. The van der Waals surface area contributed by atoms with Crippen molar-refractivity contribution in [2.75, 3.05) is 13.2 Å². The Labute approximate surface area is 445 Å². The highest BCUT2D eigenvalue weighted by Crippen LogP contribution is 2.16. The molecule has 0 spiro atoms. The van der Waals surface area contributed by atoms with E-state index in [1.165, 1.54) is 148 Å². The van der Waals surface area contributed by atoms with Crippen molar-refractivity contribution >= 4 is 17.9 Å². The molecule has 0 saturated carbocycles. The summed E-state index contributed by atoms with van der Waals surface area (Å²) in [6.45, 7) is 6.50. The summed E-state index contributed by atoms with van der Waals surface area (Å²) in [5.41, 5.74) is 0. The van der Waals surface area contributed by atoms with Crippen molar-refractivity contribution in [1.29, 1.82) is 0 Å². The van der Waals surface area contributed by atoms with E-state index >= 15 is 0 Å². The number of carbonyl (C=O) groups is 3. The number of rotatable bonds is 55. The Kier molecular flexibility index (Phi) is 57.3. The minimum absolute atomic E-state index is 0.0803. The normalized spacial score (nSPS) is 12.7. The number of ether oxygens (including phenoxy) is 3. The van der Waals surface area contributed by atoms with E-state index in [0.29, 0.717) is 19.3 Å². The minimum atomic E-state index is -0.782. The molecule has 0 aliphatic rings. The van der Waals surface area contributed by atoms with Crippen molar-refractivity contribution in [3.8, 4) is 0 Å². The first-order chi connectivity index (χ1) is 35.5. The van der Waals surface area contributed by atoms with E-state index in [0.717, 1.165) is 109 Å². The van der Waals surface area contributed by atoms with Crippen LogP contribution in [0.25, 0.3) is 0 Å². The lowest BCUT2D eigenvalue weighted by Gasteiger charge is -2.18. The second-order valence-electron chi connectivity index (χ2n) is 20.2. The second kappa shape index (κ2) is 60.1. The smallest absolute Gasteiger partial charge is 0.306 e. The number of unbranched alkanes of at least 4 members (excludes halogenated alkanes) is 30. The molecule has 0 aliphatic carbocycles. The molecule has 0 saturated heterocycles. The molecule has 0 aromatic heterocycles. The first kappa shape index (κ1) is 68.6. The van der Waals surface area contributed by atoms with Gasteiger partial charge in [0.2, 0.25) is 0 Å². The number of esters is 3. The lowest BCUT2D eigenvalue weighted by Crippen LogP contribution is -2.30. The van der Waals surface area contributed by atoms with Crippen LogP contribution in [0.1, 0.15) is 297 Å². The second-order valence-corrected chi connectivity index (χ2v) is 20.2. The molecule has 0 heterocycles. The standard InChI is InChI=1S/C66H114O6/c1-4-7-10-13-16-19-21-23-25-27-29-31-32-33-34-36-37-39-41-43-45-47-50-53-56-59-65(68)71-62-63(61-70-64(67)58-55-52-49-18-15-12-9-6-3)72-66(69)60-57-54-51-48-46-44-42-40-38-35-30-28-26-24-22-20-17-14-11-8-5-2/h7,10,16,19,23,25,28-31,33-34,37,39,63H,4-6,8-9,11-15,17-18,20-22,24,26-27,32,35-36,38,40-62H2,1-3H3/b10-7-,19-16-,25-23-,30-28-,31-29-,34-33-,39-37-. The first-order valence-corrected chi connectivity index (χ1v) is 30.6. The van der Waals surface area contributed by atoms with Crippen molar-refractivity contribution in [1.82, 2.24) is 0 Å². The van der Waals surface area contributed by atoms with Crippen LogP contribution in [0, 0.1) is 0 Å². The molecule has 0 amide bonds. The minimum Gasteiger partial charge on any atom is -0.462 e. The lowest BCUT2D eigenvalue weighted by atomic mass is 10.1. The van der Waals surface area contributed by atoms with E-state index in [-0.39, 0.29) is 31.1 Å². The average molecular weight is 1000 g/mol. The van der Waals surface area contributed by atoms with Gasteiger partial charge in [-0.05, 0) is 96.3 Å². The van der Waals surface area contributed by atoms with Crippen molar-refractivity contribution in [3.63, 3.8) is 0 Å². The number of allylic oxidation sites excluding steroid dienone is 14. The van der Waals surface area contributed by atoms with Gasteiger partial charge in [-0.3, -0.25) is 14.4 Å². The van der Waals surface area contributed by atoms with Gasteiger partial charge in [0, 0.05) is 19.3 Å². The van der Waals surface area contributed by atoms with Gasteiger partial charge in [0.05, 0.1) is 0 Å². The predicted octanol–water partition coefficient (Wildman–Crippen LogP) is 20.7. The Bertz CT molecular complexity index is 1380. The van der Waals surface area contributed by atoms with E-state index in [2.05, 4.69) is 106 Å². The molecule has 1 atom stereocenters. The zero-order valence-electron chi connectivity index (χ0n) is 47.4. The lowest BCUT2D eigenvalue weighted by molar-refractivity contribution is -0.167. The SMILES string of the molecule is CC/C=C\C/C=C\C/C=C\C/C=C\C/C=C\C/C=C\CCCCCCCCC(=O)OCC(COC(=O)CCCCCCCCCC)OC(=O)CCCCCCCCCCC/C=C\CCCCCCCCCC. The van der Waals surface area contributed by atoms with Gasteiger partial charge < -0.3 is 14.2 Å². The summed E-state index contributed by atoms with van der Waals surface area (Å²) in [5, 5.41) is 0. The van der Waals surface area contributed by atoms with E-state index in [9.17, 15) is 14.4 Å². The van der Waals surface area contributed by atoms with Crippen molar-refractivity contribution in [3.05, 3.63) is 85.1 Å². The van der Waals surface area contributed by atoms with Gasteiger partial charge in [-0.1, -0.05) is 266 Å². The Balaban J connectivity index is 4.24. The summed E-state index contributed by atoms with van der Waals surface area (Å²) in [5.74, 6) is -0.894. The Morgan fingerprint density at radius 1 is 0.292 bits per heavy atom. The van der Waals surface area contributed by atoms with Crippen LogP contribution in [0.15, 0.2) is 85.1 Å². The predicted molar refractivity (Wildman–Crippen MR) is 311 cm³/mol. The highest BCUT2D eigenvalue weighted by Gasteiger charge is 2.19. The molecule has 414 valence electrons. The van der Waals surface area contributed by atoms with E-state index < -0.39 is 6.10 Å². The van der Waals surface area contributed by atoms with Crippen LogP contribution in [0.4, 0.5) is 0 Å². The Hall–Kier alpha value is -3.41. The van der Waals surface area contributed by atoms with Gasteiger partial charge >= 0.3 is 17.9 Å². The van der Waals surface area contributed by atoms with Crippen LogP contribution in [0.2, 0.25) is 0 Å². The molecular weight excluding hydrogens is 889 g/mol. The summed E-state index contributed by atoms with van der Waals surface area (Å²) in [6, 6.07) is 0. The van der Waals surface area contributed by atoms with Crippen LogP contribution in [-0.2, 0) is 28.6 Å². The van der Waals surface area contributed by atoms with Gasteiger partial charge in [0.1, 0.15) is 13.2 Å². The van der Waals surface area contributed by atoms with Gasteiger partial charge in [0.15, 0.2) is 6.10 Å².